The van der Waals surface area contributed by atoms with Gasteiger partial charge in [-0.2, -0.15) is 13.2 Å². The number of aromatic hydroxyl groups is 1. The Morgan fingerprint density at radius 1 is 1.42 bits per heavy atom. The number of nitrogens with one attached hydrogen (secondary N) is 1. The van der Waals surface area contributed by atoms with Crippen molar-refractivity contribution in [3.05, 3.63) is 23.2 Å². The Morgan fingerprint density at radius 3 is 2.68 bits per heavy atom. The van der Waals surface area contributed by atoms with E-state index in [-0.39, 0.29) is 29.5 Å². The first-order valence-corrected chi connectivity index (χ1v) is 5.58. The summed E-state index contributed by atoms with van der Waals surface area (Å²) in [4.78, 5) is 11.4. The number of rotatable bonds is 5. The number of benzene rings is 1. The average molecular weight is 298 g/mol. The monoisotopic (exact) mass is 297 g/mol. The van der Waals surface area contributed by atoms with E-state index in [4.69, 9.17) is 16.7 Å². The van der Waals surface area contributed by atoms with Crippen LogP contribution in [0.25, 0.3) is 0 Å². The van der Waals surface area contributed by atoms with Crippen LogP contribution in [-0.2, 0) is 9.53 Å². The van der Waals surface area contributed by atoms with Crippen LogP contribution in [0.2, 0.25) is 5.02 Å². The molecule has 1 amide bonds. The summed E-state index contributed by atoms with van der Waals surface area (Å²) in [6, 6.07) is 3.94. The van der Waals surface area contributed by atoms with Gasteiger partial charge in [-0.25, -0.2) is 0 Å². The highest BCUT2D eigenvalue weighted by atomic mass is 35.5. The van der Waals surface area contributed by atoms with Gasteiger partial charge in [0, 0.05) is 6.07 Å². The maximum absolute atomic E-state index is 11.8. The van der Waals surface area contributed by atoms with Crippen molar-refractivity contribution in [2.75, 3.05) is 18.5 Å². The predicted octanol–water partition coefficient (Wildman–Crippen LogP) is 2.95. The summed E-state index contributed by atoms with van der Waals surface area (Å²) in [5, 5.41) is 11.6. The summed E-state index contributed by atoms with van der Waals surface area (Å²) >= 11 is 5.74. The second kappa shape index (κ2) is 6.63. The van der Waals surface area contributed by atoms with Crippen molar-refractivity contribution in [1.82, 2.24) is 0 Å². The van der Waals surface area contributed by atoms with Crippen LogP contribution >= 0.6 is 11.6 Å². The van der Waals surface area contributed by atoms with Crippen molar-refractivity contribution in [3.8, 4) is 5.75 Å². The Labute approximate surface area is 112 Å². The molecular formula is C11H11ClF3NO3. The molecule has 0 aromatic heterocycles. The van der Waals surface area contributed by atoms with E-state index in [2.05, 4.69) is 10.1 Å². The van der Waals surface area contributed by atoms with E-state index in [1.54, 1.807) is 0 Å². The molecule has 0 saturated heterocycles. The zero-order valence-corrected chi connectivity index (χ0v) is 10.4. The Bertz CT molecular complexity index is 451. The summed E-state index contributed by atoms with van der Waals surface area (Å²) in [5.74, 6) is -0.591. The number of anilines is 1. The van der Waals surface area contributed by atoms with Crippen LogP contribution in [0.3, 0.4) is 0 Å². The molecule has 106 valence electrons. The van der Waals surface area contributed by atoms with Crippen LogP contribution in [0.5, 0.6) is 5.75 Å². The third kappa shape index (κ3) is 6.30. The van der Waals surface area contributed by atoms with Gasteiger partial charge in [0.05, 0.1) is 23.7 Å². The van der Waals surface area contributed by atoms with Crippen LogP contribution in [0.4, 0.5) is 18.9 Å². The van der Waals surface area contributed by atoms with Crippen LogP contribution < -0.4 is 5.32 Å². The van der Waals surface area contributed by atoms with Gasteiger partial charge in [0.1, 0.15) is 12.4 Å². The quantitative estimate of drug-likeness (QED) is 0.649. The van der Waals surface area contributed by atoms with Gasteiger partial charge in [-0.05, 0) is 12.1 Å². The standard InChI is InChI=1S/C11H11ClF3NO3/c12-8-5-7(17)1-2-9(8)16-10(18)3-4-19-6-11(13,14)15/h1-2,5,17H,3-4,6H2,(H,16,18). The fourth-order valence-electron chi connectivity index (χ4n) is 1.17. The van der Waals surface area contributed by atoms with Crippen molar-refractivity contribution in [3.63, 3.8) is 0 Å². The fraction of sp³-hybridized carbons (Fsp3) is 0.364. The van der Waals surface area contributed by atoms with Crippen molar-refractivity contribution in [2.24, 2.45) is 0 Å². The summed E-state index contributed by atoms with van der Waals surface area (Å²) in [6.45, 7) is -1.73. The van der Waals surface area contributed by atoms with Gasteiger partial charge in [0.2, 0.25) is 5.91 Å². The minimum Gasteiger partial charge on any atom is -0.508 e. The highest BCUT2D eigenvalue weighted by Gasteiger charge is 2.27. The molecule has 0 atom stereocenters. The molecule has 0 heterocycles. The normalized spacial score (nSPS) is 11.4. The second-order valence-electron chi connectivity index (χ2n) is 3.63. The first-order valence-electron chi connectivity index (χ1n) is 5.21. The molecule has 2 N–H and O–H groups in total. The van der Waals surface area contributed by atoms with E-state index in [9.17, 15) is 18.0 Å². The van der Waals surface area contributed by atoms with E-state index in [1.807, 2.05) is 0 Å². The number of phenolic OH excluding ortho intramolecular Hbond substituents is 1. The van der Waals surface area contributed by atoms with E-state index < -0.39 is 18.7 Å². The summed E-state index contributed by atoms with van der Waals surface area (Å²) < 4.78 is 39.5. The Hall–Kier alpha value is -1.47. The molecule has 1 aromatic rings. The molecule has 0 unspecified atom stereocenters. The Kier molecular flexibility index (Phi) is 5.44. The molecule has 8 heteroatoms. The van der Waals surface area contributed by atoms with E-state index in [1.165, 1.54) is 18.2 Å². The van der Waals surface area contributed by atoms with Crippen LogP contribution in [0.15, 0.2) is 18.2 Å². The van der Waals surface area contributed by atoms with E-state index >= 15 is 0 Å². The second-order valence-corrected chi connectivity index (χ2v) is 4.04. The minimum absolute atomic E-state index is 0.0588. The molecule has 0 saturated carbocycles. The Balaban J connectivity index is 2.35. The fourth-order valence-corrected chi connectivity index (χ4v) is 1.39. The molecule has 4 nitrogen and oxygen atoms in total. The first-order chi connectivity index (χ1) is 8.78. The molecule has 0 bridgehead atoms. The van der Waals surface area contributed by atoms with Crippen LogP contribution in [0, 0.1) is 0 Å². The number of amides is 1. The molecule has 0 radical (unpaired) electrons. The van der Waals surface area contributed by atoms with Gasteiger partial charge in [-0.3, -0.25) is 4.79 Å². The first kappa shape index (κ1) is 15.6. The largest absolute Gasteiger partial charge is 0.508 e. The smallest absolute Gasteiger partial charge is 0.411 e. The van der Waals surface area contributed by atoms with E-state index in [0.29, 0.717) is 0 Å². The molecule has 0 aliphatic heterocycles. The van der Waals surface area contributed by atoms with Gasteiger partial charge in [-0.15, -0.1) is 0 Å². The number of hydrogen-bond donors (Lipinski definition) is 2. The lowest BCUT2D eigenvalue weighted by Gasteiger charge is -2.09. The number of phenols is 1. The predicted molar refractivity (Wildman–Crippen MR) is 63.2 cm³/mol. The molecule has 0 fully saturated rings. The summed E-state index contributed by atoms with van der Waals surface area (Å²) in [7, 11) is 0. The van der Waals surface area contributed by atoms with Gasteiger partial charge >= 0.3 is 6.18 Å². The third-order valence-corrected chi connectivity index (χ3v) is 2.28. The lowest BCUT2D eigenvalue weighted by Crippen LogP contribution is -2.20. The number of carbonyl (C=O) groups is 1. The van der Waals surface area contributed by atoms with Crippen LogP contribution in [-0.4, -0.2) is 30.4 Å². The molecule has 1 rings (SSSR count). The Morgan fingerprint density at radius 2 is 2.11 bits per heavy atom. The molecule has 19 heavy (non-hydrogen) atoms. The maximum atomic E-state index is 11.8. The lowest BCUT2D eigenvalue weighted by atomic mass is 10.3. The number of hydrogen-bond acceptors (Lipinski definition) is 3. The zero-order valence-electron chi connectivity index (χ0n) is 9.63. The molecule has 0 spiro atoms. The number of alkyl halides is 3. The van der Waals surface area contributed by atoms with Crippen molar-refractivity contribution in [2.45, 2.75) is 12.6 Å². The number of halogens is 4. The molecule has 1 aromatic carbocycles. The van der Waals surface area contributed by atoms with Crippen LogP contribution in [0.1, 0.15) is 6.42 Å². The van der Waals surface area contributed by atoms with E-state index in [0.717, 1.165) is 0 Å². The highest BCUT2D eigenvalue weighted by Crippen LogP contribution is 2.25. The molecule has 0 aliphatic rings. The van der Waals surface area contributed by atoms with Crippen molar-refractivity contribution in [1.29, 1.82) is 0 Å². The van der Waals surface area contributed by atoms with Gasteiger partial charge in [-0.1, -0.05) is 11.6 Å². The van der Waals surface area contributed by atoms with Crippen molar-refractivity contribution >= 4 is 23.2 Å². The van der Waals surface area contributed by atoms with Gasteiger partial charge in [0.25, 0.3) is 0 Å². The SMILES string of the molecule is O=C(CCOCC(F)(F)F)Nc1ccc(O)cc1Cl. The third-order valence-electron chi connectivity index (χ3n) is 1.97. The number of ether oxygens (including phenoxy) is 1. The maximum Gasteiger partial charge on any atom is 0.411 e. The average Bonchev–Trinajstić information content (AvgIpc) is 2.27. The van der Waals surface area contributed by atoms with Gasteiger partial charge < -0.3 is 15.2 Å². The minimum atomic E-state index is -4.41. The summed E-state index contributed by atoms with van der Waals surface area (Å²) in [6.07, 6.45) is -4.63. The van der Waals surface area contributed by atoms with Crippen molar-refractivity contribution < 1.29 is 27.8 Å². The topological polar surface area (TPSA) is 58.6 Å². The lowest BCUT2D eigenvalue weighted by molar-refractivity contribution is -0.174. The summed E-state index contributed by atoms with van der Waals surface area (Å²) in [5.41, 5.74) is 0.264. The molecule has 0 aliphatic carbocycles. The highest BCUT2D eigenvalue weighted by molar-refractivity contribution is 6.33. The zero-order chi connectivity index (χ0) is 14.5. The number of carbonyl (C=O) groups excluding carboxylic acids is 1. The molecular weight excluding hydrogens is 287 g/mol. The van der Waals surface area contributed by atoms with Gasteiger partial charge in [0.15, 0.2) is 0 Å².